The van der Waals surface area contributed by atoms with E-state index in [-0.39, 0.29) is 11.7 Å². The molecule has 2 nitrogen and oxygen atoms in total. The third-order valence-corrected chi connectivity index (χ3v) is 3.99. The predicted molar refractivity (Wildman–Crippen MR) is 79.1 cm³/mol. The molecule has 0 saturated heterocycles. The Bertz CT molecular complexity index is 623. The molecule has 0 bridgehead atoms. The number of nitrogens with one attached hydrogen (secondary N) is 1. The van der Waals surface area contributed by atoms with Crippen molar-refractivity contribution in [1.82, 2.24) is 0 Å². The van der Waals surface area contributed by atoms with Crippen molar-refractivity contribution in [2.75, 3.05) is 11.1 Å². The Labute approximate surface area is 119 Å². The molecule has 0 aromatic heterocycles. The number of amidine groups is 1. The maximum Gasteiger partial charge on any atom is 0.161 e. The summed E-state index contributed by atoms with van der Waals surface area (Å²) in [5.74, 6) is -0.462. The minimum Gasteiger partial charge on any atom is -0.330 e. The van der Waals surface area contributed by atoms with E-state index in [1.165, 1.54) is 30.0 Å². The highest BCUT2D eigenvalue weighted by molar-refractivity contribution is 8.14. The lowest BCUT2D eigenvalue weighted by Gasteiger charge is -2.07. The average molecular weight is 290 g/mol. The van der Waals surface area contributed by atoms with Crippen LogP contribution in [-0.4, -0.2) is 10.9 Å². The minimum absolute atomic E-state index is 0.0264. The van der Waals surface area contributed by atoms with Gasteiger partial charge in [0.15, 0.2) is 5.17 Å². The zero-order valence-electron chi connectivity index (χ0n) is 10.5. The van der Waals surface area contributed by atoms with E-state index >= 15 is 0 Å². The second-order valence-corrected chi connectivity index (χ2v) is 5.40. The summed E-state index contributed by atoms with van der Waals surface area (Å²) < 4.78 is 27.1. The van der Waals surface area contributed by atoms with Gasteiger partial charge in [-0.05, 0) is 17.7 Å². The van der Waals surface area contributed by atoms with E-state index in [0.717, 1.165) is 11.3 Å². The smallest absolute Gasteiger partial charge is 0.161 e. The van der Waals surface area contributed by atoms with Crippen molar-refractivity contribution in [1.29, 1.82) is 0 Å². The second kappa shape index (κ2) is 5.63. The molecule has 0 saturated carbocycles. The molecule has 1 unspecified atom stereocenters. The molecule has 0 radical (unpaired) electrons. The first-order valence-corrected chi connectivity index (χ1v) is 7.19. The van der Waals surface area contributed by atoms with Gasteiger partial charge < -0.3 is 5.32 Å². The van der Waals surface area contributed by atoms with Crippen LogP contribution in [0, 0.1) is 11.6 Å². The van der Waals surface area contributed by atoms with Gasteiger partial charge in [-0.15, -0.1) is 0 Å². The number of hydrogen-bond acceptors (Lipinski definition) is 3. The van der Waals surface area contributed by atoms with Crippen LogP contribution in [-0.2, 0) is 0 Å². The lowest BCUT2D eigenvalue weighted by atomic mass is 10.1. The summed E-state index contributed by atoms with van der Waals surface area (Å²) in [5, 5.41) is 3.28. The Balaban J connectivity index is 1.80. The van der Waals surface area contributed by atoms with Crippen LogP contribution in [0.15, 0.2) is 53.5 Å². The molecule has 1 aliphatic rings. The summed E-state index contributed by atoms with van der Waals surface area (Å²) in [6.45, 7) is 0. The first kappa shape index (κ1) is 13.1. The lowest BCUT2D eigenvalue weighted by Crippen LogP contribution is -2.08. The van der Waals surface area contributed by atoms with Gasteiger partial charge in [0.2, 0.25) is 0 Å². The summed E-state index contributed by atoms with van der Waals surface area (Å²) in [7, 11) is 0. The normalized spacial score (nSPS) is 17.9. The number of aliphatic imine (C=N–C) groups is 1. The minimum atomic E-state index is -0.614. The Kier molecular flexibility index (Phi) is 3.69. The molecule has 0 aliphatic carbocycles. The highest BCUT2D eigenvalue weighted by atomic mass is 32.2. The fourth-order valence-electron chi connectivity index (χ4n) is 2.01. The Morgan fingerprint density at radius 2 is 1.70 bits per heavy atom. The van der Waals surface area contributed by atoms with Crippen LogP contribution in [0.4, 0.5) is 14.5 Å². The number of benzene rings is 2. The largest absolute Gasteiger partial charge is 0.330 e. The number of nitrogens with zero attached hydrogens (tertiary/aromatic N) is 1. The van der Waals surface area contributed by atoms with E-state index in [1.807, 2.05) is 30.3 Å². The summed E-state index contributed by atoms with van der Waals surface area (Å²) in [5.41, 5.74) is 0.957. The zero-order chi connectivity index (χ0) is 13.9. The van der Waals surface area contributed by atoms with Crippen LogP contribution in [0.1, 0.15) is 11.6 Å². The molecular formula is C15H12F2N2S. The SMILES string of the molecule is Fc1cccc(F)c1NC1=NC(c2ccccc2)CS1. The molecule has 1 N–H and O–H groups in total. The second-order valence-electron chi connectivity index (χ2n) is 4.39. The number of halogens is 2. The van der Waals surface area contributed by atoms with Gasteiger partial charge in [-0.3, -0.25) is 4.99 Å². The molecule has 0 spiro atoms. The third-order valence-electron chi connectivity index (χ3n) is 3.03. The molecule has 2 aromatic rings. The molecule has 0 amide bonds. The van der Waals surface area contributed by atoms with Crippen molar-refractivity contribution < 1.29 is 8.78 Å². The maximum atomic E-state index is 13.6. The monoisotopic (exact) mass is 290 g/mol. The molecule has 102 valence electrons. The Hall–Kier alpha value is -1.88. The number of rotatable bonds is 2. The molecule has 1 heterocycles. The molecule has 2 aromatic carbocycles. The molecule has 1 atom stereocenters. The van der Waals surface area contributed by atoms with Crippen molar-refractivity contribution in [2.24, 2.45) is 4.99 Å². The quantitative estimate of drug-likeness (QED) is 0.895. The van der Waals surface area contributed by atoms with Gasteiger partial charge in [0.1, 0.15) is 17.3 Å². The van der Waals surface area contributed by atoms with Gasteiger partial charge in [0.05, 0.1) is 6.04 Å². The van der Waals surface area contributed by atoms with E-state index in [4.69, 9.17) is 0 Å². The first-order valence-electron chi connectivity index (χ1n) is 6.20. The van der Waals surface area contributed by atoms with Crippen LogP contribution < -0.4 is 5.32 Å². The van der Waals surface area contributed by atoms with Crippen LogP contribution in [0.5, 0.6) is 0 Å². The summed E-state index contributed by atoms with van der Waals surface area (Å²) in [4.78, 5) is 4.47. The van der Waals surface area contributed by atoms with Crippen molar-refractivity contribution in [3.63, 3.8) is 0 Å². The third kappa shape index (κ3) is 2.67. The first-order chi connectivity index (χ1) is 9.74. The summed E-state index contributed by atoms with van der Waals surface area (Å²) >= 11 is 1.46. The van der Waals surface area contributed by atoms with E-state index in [1.54, 1.807) is 0 Å². The lowest BCUT2D eigenvalue weighted by molar-refractivity contribution is 0.591. The van der Waals surface area contributed by atoms with Crippen LogP contribution in [0.25, 0.3) is 0 Å². The van der Waals surface area contributed by atoms with Crippen molar-refractivity contribution in [3.8, 4) is 0 Å². The Morgan fingerprint density at radius 3 is 2.40 bits per heavy atom. The Morgan fingerprint density at radius 1 is 1.00 bits per heavy atom. The fraction of sp³-hybridized carbons (Fsp3) is 0.133. The van der Waals surface area contributed by atoms with Gasteiger partial charge in [0.25, 0.3) is 0 Å². The molecule has 3 rings (SSSR count). The summed E-state index contributed by atoms with van der Waals surface area (Å²) in [6, 6.07) is 13.7. The van der Waals surface area contributed by atoms with Gasteiger partial charge in [0, 0.05) is 5.75 Å². The standard InChI is InChI=1S/C15H12F2N2S/c16-11-7-4-8-12(17)14(11)19-15-18-13(9-20-15)10-5-2-1-3-6-10/h1-8,13H,9H2,(H,18,19). The zero-order valence-corrected chi connectivity index (χ0v) is 11.3. The van der Waals surface area contributed by atoms with Crippen LogP contribution >= 0.6 is 11.8 Å². The van der Waals surface area contributed by atoms with Crippen molar-refractivity contribution in [3.05, 3.63) is 65.7 Å². The maximum absolute atomic E-state index is 13.6. The number of anilines is 1. The molecular weight excluding hydrogens is 278 g/mol. The summed E-state index contributed by atoms with van der Waals surface area (Å²) in [6.07, 6.45) is 0. The molecule has 20 heavy (non-hydrogen) atoms. The van der Waals surface area contributed by atoms with Gasteiger partial charge in [-0.2, -0.15) is 0 Å². The topological polar surface area (TPSA) is 24.4 Å². The highest BCUT2D eigenvalue weighted by Gasteiger charge is 2.21. The van der Waals surface area contributed by atoms with Gasteiger partial charge in [-0.25, -0.2) is 8.78 Å². The van der Waals surface area contributed by atoms with Crippen molar-refractivity contribution >= 4 is 22.6 Å². The highest BCUT2D eigenvalue weighted by Crippen LogP contribution is 2.31. The van der Waals surface area contributed by atoms with Gasteiger partial charge in [-0.1, -0.05) is 48.2 Å². The predicted octanol–water partition coefficient (Wildman–Crippen LogP) is 4.22. The van der Waals surface area contributed by atoms with E-state index in [9.17, 15) is 8.78 Å². The number of hydrogen-bond donors (Lipinski definition) is 1. The van der Waals surface area contributed by atoms with E-state index in [0.29, 0.717) is 5.17 Å². The van der Waals surface area contributed by atoms with Crippen molar-refractivity contribution in [2.45, 2.75) is 6.04 Å². The van der Waals surface area contributed by atoms with Crippen LogP contribution in [0.3, 0.4) is 0 Å². The van der Waals surface area contributed by atoms with Gasteiger partial charge >= 0.3 is 0 Å². The molecule has 0 fully saturated rings. The molecule has 1 aliphatic heterocycles. The number of thioether (sulfide) groups is 1. The van der Waals surface area contributed by atoms with E-state index in [2.05, 4.69) is 10.3 Å². The van der Waals surface area contributed by atoms with E-state index < -0.39 is 11.6 Å². The van der Waals surface area contributed by atoms with Crippen LogP contribution in [0.2, 0.25) is 0 Å². The average Bonchev–Trinajstić information content (AvgIpc) is 2.93. The number of para-hydroxylation sites is 1. The fourth-order valence-corrected chi connectivity index (χ4v) is 2.97. The molecule has 5 heteroatoms.